The molecular weight excluding hydrogens is 318 g/mol. The third-order valence-corrected chi connectivity index (χ3v) is 4.73. The van der Waals surface area contributed by atoms with Gasteiger partial charge in [-0.05, 0) is 39.2 Å². The van der Waals surface area contributed by atoms with Crippen molar-refractivity contribution in [2.45, 2.75) is 45.8 Å². The maximum absolute atomic E-state index is 12.5. The molecule has 0 bridgehead atoms. The van der Waals surface area contributed by atoms with Crippen molar-refractivity contribution in [3.63, 3.8) is 0 Å². The highest BCUT2D eigenvalue weighted by Gasteiger charge is 2.34. The lowest BCUT2D eigenvalue weighted by atomic mass is 9.92. The van der Waals surface area contributed by atoms with Gasteiger partial charge in [0, 0.05) is 26.3 Å². The first-order chi connectivity index (χ1) is 11.8. The summed E-state index contributed by atoms with van der Waals surface area (Å²) in [5.41, 5.74) is 0.343. The fourth-order valence-corrected chi connectivity index (χ4v) is 3.34. The second kappa shape index (κ2) is 6.54. The quantitative estimate of drug-likeness (QED) is 0.905. The summed E-state index contributed by atoms with van der Waals surface area (Å²) in [7, 11) is 2.04. The highest BCUT2D eigenvalue weighted by Crippen LogP contribution is 2.29. The second-order valence-electron chi connectivity index (χ2n) is 7.81. The van der Waals surface area contributed by atoms with Gasteiger partial charge in [-0.25, -0.2) is 14.8 Å². The van der Waals surface area contributed by atoms with E-state index < -0.39 is 5.60 Å². The van der Waals surface area contributed by atoms with Crippen LogP contribution in [0.3, 0.4) is 0 Å². The molecule has 136 valence electrons. The zero-order chi connectivity index (χ0) is 18.2. The molecule has 1 N–H and O–H groups in total. The number of rotatable bonds is 2. The molecule has 0 radical (unpaired) electrons. The predicted molar refractivity (Wildman–Crippen MR) is 97.7 cm³/mol. The monoisotopic (exact) mass is 345 g/mol. The number of nitrogens with zero attached hydrogens (tertiary/aromatic N) is 4. The standard InChI is InChI=1S/C18H27N5O2/c1-12-7-9-23(17(24)25-18(2,3)4)10-14(12)22(5)16-13-6-8-19-15(13)20-11-21-16/h6,8,11-12,14H,7,9-10H2,1-5H3,(H,19,20,21)/t12-,14+/m1/s1. The Bertz CT molecular complexity index is 751. The number of aromatic nitrogens is 3. The van der Waals surface area contributed by atoms with Crippen LogP contribution in [0.4, 0.5) is 10.6 Å². The summed E-state index contributed by atoms with van der Waals surface area (Å²) in [5, 5.41) is 0.992. The highest BCUT2D eigenvalue weighted by molar-refractivity contribution is 5.87. The zero-order valence-corrected chi connectivity index (χ0v) is 15.6. The molecule has 0 saturated carbocycles. The molecular formula is C18H27N5O2. The average Bonchev–Trinajstić information content (AvgIpc) is 3.01. The Morgan fingerprint density at radius 3 is 2.88 bits per heavy atom. The number of likely N-dealkylation sites (tertiary alicyclic amines) is 1. The summed E-state index contributed by atoms with van der Waals surface area (Å²) in [6, 6.07) is 2.16. The van der Waals surface area contributed by atoms with Crippen molar-refractivity contribution in [1.82, 2.24) is 19.9 Å². The lowest BCUT2D eigenvalue weighted by Gasteiger charge is -2.42. The third-order valence-electron chi connectivity index (χ3n) is 4.73. The lowest BCUT2D eigenvalue weighted by Crippen LogP contribution is -2.53. The number of H-pyrrole nitrogens is 1. The van der Waals surface area contributed by atoms with Gasteiger partial charge in [-0.3, -0.25) is 0 Å². The van der Waals surface area contributed by atoms with E-state index in [0.717, 1.165) is 29.8 Å². The first-order valence-electron chi connectivity index (χ1n) is 8.75. The molecule has 0 spiro atoms. The van der Waals surface area contributed by atoms with E-state index in [9.17, 15) is 4.79 Å². The zero-order valence-electron chi connectivity index (χ0n) is 15.6. The molecule has 1 fully saturated rings. The molecule has 3 rings (SSSR count). The van der Waals surface area contributed by atoms with Crippen molar-refractivity contribution < 1.29 is 9.53 Å². The van der Waals surface area contributed by atoms with Crippen LogP contribution in [0.1, 0.15) is 34.1 Å². The van der Waals surface area contributed by atoms with E-state index in [2.05, 4.69) is 26.8 Å². The Morgan fingerprint density at radius 2 is 2.16 bits per heavy atom. The van der Waals surface area contributed by atoms with Crippen molar-refractivity contribution in [2.75, 3.05) is 25.0 Å². The maximum Gasteiger partial charge on any atom is 0.410 e. The van der Waals surface area contributed by atoms with Crippen LogP contribution in [0.2, 0.25) is 0 Å². The minimum Gasteiger partial charge on any atom is -0.444 e. The fraction of sp³-hybridized carbons (Fsp3) is 0.611. The molecule has 2 aromatic heterocycles. The van der Waals surface area contributed by atoms with E-state index in [-0.39, 0.29) is 12.1 Å². The SMILES string of the molecule is C[C@@H]1CCN(C(=O)OC(C)(C)C)C[C@@H]1N(C)c1ncnc2[nH]ccc12. The second-order valence-corrected chi connectivity index (χ2v) is 7.81. The molecule has 2 atom stereocenters. The molecule has 0 aromatic carbocycles. The van der Waals surface area contributed by atoms with Gasteiger partial charge < -0.3 is 19.5 Å². The van der Waals surface area contributed by atoms with Crippen molar-refractivity contribution in [3.05, 3.63) is 18.6 Å². The summed E-state index contributed by atoms with van der Waals surface area (Å²) in [6.07, 6.45) is 4.14. The highest BCUT2D eigenvalue weighted by atomic mass is 16.6. The number of carbonyl (C=O) groups excluding carboxylic acids is 1. The normalized spacial score (nSPS) is 21.4. The van der Waals surface area contributed by atoms with Crippen LogP contribution in [0.5, 0.6) is 0 Å². The van der Waals surface area contributed by atoms with E-state index in [1.807, 2.05) is 45.0 Å². The minimum absolute atomic E-state index is 0.175. The summed E-state index contributed by atoms with van der Waals surface area (Å²) in [5.74, 6) is 1.33. The van der Waals surface area contributed by atoms with Crippen LogP contribution in [0, 0.1) is 5.92 Å². The number of amides is 1. The van der Waals surface area contributed by atoms with Gasteiger partial charge in [0.2, 0.25) is 0 Å². The maximum atomic E-state index is 12.5. The Morgan fingerprint density at radius 1 is 1.40 bits per heavy atom. The number of anilines is 1. The number of ether oxygens (including phenoxy) is 1. The largest absolute Gasteiger partial charge is 0.444 e. The Labute approximate surface area is 148 Å². The van der Waals surface area contributed by atoms with Crippen molar-refractivity contribution in [1.29, 1.82) is 0 Å². The van der Waals surface area contributed by atoms with Gasteiger partial charge in [-0.15, -0.1) is 0 Å². The average molecular weight is 345 g/mol. The van der Waals surface area contributed by atoms with Crippen molar-refractivity contribution in [2.24, 2.45) is 5.92 Å². The van der Waals surface area contributed by atoms with Gasteiger partial charge in [-0.1, -0.05) is 6.92 Å². The number of likely N-dealkylation sites (N-methyl/N-ethyl adjacent to an activating group) is 1. The molecule has 7 nitrogen and oxygen atoms in total. The van der Waals surface area contributed by atoms with Crippen LogP contribution in [-0.4, -0.2) is 57.7 Å². The third kappa shape index (κ3) is 3.70. The molecule has 7 heteroatoms. The minimum atomic E-state index is -0.481. The Kier molecular flexibility index (Phi) is 4.58. The Balaban J connectivity index is 1.80. The molecule has 1 aliphatic heterocycles. The van der Waals surface area contributed by atoms with E-state index >= 15 is 0 Å². The molecule has 1 aliphatic rings. The summed E-state index contributed by atoms with van der Waals surface area (Å²) < 4.78 is 5.54. The molecule has 0 unspecified atom stereocenters. The van der Waals surface area contributed by atoms with Gasteiger partial charge in [-0.2, -0.15) is 0 Å². The molecule has 1 amide bonds. The van der Waals surface area contributed by atoms with Gasteiger partial charge in [0.05, 0.1) is 11.4 Å². The molecule has 1 saturated heterocycles. The number of nitrogens with one attached hydrogen (secondary N) is 1. The number of fused-ring (bicyclic) bond motifs is 1. The van der Waals surface area contributed by atoms with Crippen LogP contribution >= 0.6 is 0 Å². The first kappa shape index (κ1) is 17.5. The summed E-state index contributed by atoms with van der Waals surface area (Å²) in [4.78, 5) is 28.3. The van der Waals surface area contributed by atoms with E-state index in [4.69, 9.17) is 4.74 Å². The van der Waals surface area contributed by atoms with E-state index in [1.54, 1.807) is 6.33 Å². The van der Waals surface area contributed by atoms with Crippen LogP contribution < -0.4 is 4.90 Å². The smallest absolute Gasteiger partial charge is 0.410 e. The Hall–Kier alpha value is -2.31. The molecule has 0 aliphatic carbocycles. The molecule has 3 heterocycles. The number of aromatic amines is 1. The summed E-state index contributed by atoms with van der Waals surface area (Å²) in [6.45, 7) is 9.26. The van der Waals surface area contributed by atoms with Crippen LogP contribution in [0.25, 0.3) is 11.0 Å². The number of hydrogen-bond donors (Lipinski definition) is 1. The summed E-state index contributed by atoms with van der Waals surface area (Å²) >= 11 is 0. The first-order valence-corrected chi connectivity index (χ1v) is 8.75. The number of hydrogen-bond acceptors (Lipinski definition) is 5. The van der Waals surface area contributed by atoms with Gasteiger partial charge in [0.15, 0.2) is 0 Å². The number of piperidine rings is 1. The van der Waals surface area contributed by atoms with Crippen LogP contribution in [0.15, 0.2) is 18.6 Å². The van der Waals surface area contributed by atoms with Crippen molar-refractivity contribution >= 4 is 22.9 Å². The van der Waals surface area contributed by atoms with Gasteiger partial charge in [0.25, 0.3) is 0 Å². The molecule has 25 heavy (non-hydrogen) atoms. The predicted octanol–water partition coefficient (Wildman–Crippen LogP) is 3.04. The van der Waals surface area contributed by atoms with Gasteiger partial charge in [0.1, 0.15) is 23.4 Å². The van der Waals surface area contributed by atoms with Crippen molar-refractivity contribution in [3.8, 4) is 0 Å². The molecule has 2 aromatic rings. The number of carbonyl (C=O) groups is 1. The van der Waals surface area contributed by atoms with Crippen LogP contribution in [-0.2, 0) is 4.74 Å². The topological polar surface area (TPSA) is 74.3 Å². The lowest BCUT2D eigenvalue weighted by molar-refractivity contribution is 0.0165. The van der Waals surface area contributed by atoms with Gasteiger partial charge >= 0.3 is 6.09 Å². The fourth-order valence-electron chi connectivity index (χ4n) is 3.34. The van der Waals surface area contributed by atoms with E-state index in [1.165, 1.54) is 0 Å². The van der Waals surface area contributed by atoms with E-state index in [0.29, 0.717) is 12.5 Å².